The van der Waals surface area contributed by atoms with Gasteiger partial charge in [0.15, 0.2) is 0 Å². The Bertz CT molecular complexity index is 732. The van der Waals surface area contributed by atoms with Crippen molar-refractivity contribution in [2.45, 2.75) is 11.3 Å². The second-order valence-corrected chi connectivity index (χ2v) is 7.36. The van der Waals surface area contributed by atoms with Crippen LogP contribution in [0.4, 0.5) is 0 Å². The highest BCUT2D eigenvalue weighted by atomic mass is 35.5. The molecule has 1 saturated heterocycles. The zero-order valence-electron chi connectivity index (χ0n) is 12.5. The van der Waals surface area contributed by atoms with Crippen LogP contribution >= 0.6 is 24.1 Å². The number of aromatic nitrogens is 2. The van der Waals surface area contributed by atoms with Gasteiger partial charge in [0.05, 0.1) is 24.9 Å². The van der Waals surface area contributed by atoms with E-state index in [9.17, 15) is 8.42 Å². The number of rotatable bonds is 6. The lowest BCUT2D eigenvalue weighted by molar-refractivity contribution is 0.0376. The largest absolute Gasteiger partial charge is 0.379 e. The molecule has 1 aliphatic heterocycles. The van der Waals surface area contributed by atoms with E-state index in [1.54, 1.807) is 18.2 Å². The third kappa shape index (κ3) is 4.59. The van der Waals surface area contributed by atoms with E-state index in [0.717, 1.165) is 51.0 Å². The molecule has 0 spiro atoms. The summed E-state index contributed by atoms with van der Waals surface area (Å²) in [5.41, 5.74) is 1.05. The molecule has 128 valence electrons. The molecule has 7 nitrogen and oxygen atoms in total. The van der Waals surface area contributed by atoms with Gasteiger partial charge in [0.25, 0.3) is 0 Å². The molecule has 1 aromatic heterocycles. The van der Waals surface area contributed by atoms with E-state index in [1.165, 1.54) is 0 Å². The summed E-state index contributed by atoms with van der Waals surface area (Å²) >= 11 is 1.02. The SMILES string of the molecule is Cl.O=S(=O)(NCCCN1CCOCC1)c1cccc2nsnc12. The van der Waals surface area contributed by atoms with Crippen molar-refractivity contribution in [3.63, 3.8) is 0 Å². The number of nitrogens with zero attached hydrogens (tertiary/aromatic N) is 3. The van der Waals surface area contributed by atoms with Crippen LogP contribution in [-0.2, 0) is 14.8 Å². The predicted molar refractivity (Wildman–Crippen MR) is 91.7 cm³/mol. The van der Waals surface area contributed by atoms with Crippen molar-refractivity contribution in [2.24, 2.45) is 0 Å². The smallest absolute Gasteiger partial charge is 0.242 e. The monoisotopic (exact) mass is 378 g/mol. The number of sulfonamides is 1. The Labute approximate surface area is 145 Å². The summed E-state index contributed by atoms with van der Waals surface area (Å²) in [5, 5.41) is 0. The van der Waals surface area contributed by atoms with Crippen molar-refractivity contribution in [3.05, 3.63) is 18.2 Å². The van der Waals surface area contributed by atoms with E-state index < -0.39 is 10.0 Å². The maximum absolute atomic E-state index is 12.4. The lowest BCUT2D eigenvalue weighted by Gasteiger charge is -2.26. The minimum Gasteiger partial charge on any atom is -0.379 e. The van der Waals surface area contributed by atoms with Crippen LogP contribution in [0.5, 0.6) is 0 Å². The Kier molecular flexibility index (Phi) is 6.69. The minimum atomic E-state index is -3.55. The summed E-state index contributed by atoms with van der Waals surface area (Å²) in [6.45, 7) is 4.62. The molecule has 10 heteroatoms. The molecule has 0 saturated carbocycles. The second kappa shape index (κ2) is 8.32. The van der Waals surface area contributed by atoms with Crippen molar-refractivity contribution < 1.29 is 13.2 Å². The molecule has 0 atom stereocenters. The molecule has 0 radical (unpaired) electrons. The highest BCUT2D eigenvalue weighted by Gasteiger charge is 2.19. The zero-order chi connectivity index (χ0) is 15.4. The number of nitrogens with one attached hydrogen (secondary N) is 1. The predicted octanol–water partition coefficient (Wildman–Crippen LogP) is 1.11. The van der Waals surface area contributed by atoms with Gasteiger partial charge in [-0.15, -0.1) is 12.4 Å². The summed E-state index contributed by atoms with van der Waals surface area (Å²) in [6.07, 6.45) is 0.768. The Hall–Kier alpha value is -0.840. The van der Waals surface area contributed by atoms with E-state index in [0.29, 0.717) is 17.6 Å². The van der Waals surface area contributed by atoms with Crippen LogP contribution < -0.4 is 4.72 Å². The average Bonchev–Trinajstić information content (AvgIpc) is 3.01. The van der Waals surface area contributed by atoms with Crippen LogP contribution in [-0.4, -0.2) is 61.5 Å². The molecule has 2 heterocycles. The molecule has 2 aromatic rings. The maximum atomic E-state index is 12.4. The van der Waals surface area contributed by atoms with Gasteiger partial charge in [-0.25, -0.2) is 13.1 Å². The van der Waals surface area contributed by atoms with E-state index in [1.807, 2.05) is 0 Å². The molecule has 0 aliphatic carbocycles. The third-order valence-electron chi connectivity index (χ3n) is 3.59. The van der Waals surface area contributed by atoms with Crippen LogP contribution in [0.2, 0.25) is 0 Å². The first-order chi connectivity index (χ1) is 10.7. The second-order valence-electron chi connectivity index (χ2n) is 5.09. The number of ether oxygens (including phenoxy) is 1. The van der Waals surface area contributed by atoms with E-state index in [-0.39, 0.29) is 17.3 Å². The number of halogens is 1. The Balaban J connectivity index is 0.00000192. The first-order valence-corrected chi connectivity index (χ1v) is 9.39. The summed E-state index contributed by atoms with van der Waals surface area (Å²) < 4.78 is 40.9. The molecule has 1 N–H and O–H groups in total. The first kappa shape index (κ1) is 18.5. The van der Waals surface area contributed by atoms with E-state index >= 15 is 0 Å². The average molecular weight is 379 g/mol. The minimum absolute atomic E-state index is 0. The van der Waals surface area contributed by atoms with Crippen molar-refractivity contribution >= 4 is 45.2 Å². The van der Waals surface area contributed by atoms with Gasteiger partial charge in [-0.3, -0.25) is 4.90 Å². The molecular formula is C13H19ClN4O3S2. The van der Waals surface area contributed by atoms with Gasteiger partial charge in [-0.05, 0) is 25.1 Å². The summed E-state index contributed by atoms with van der Waals surface area (Å²) in [7, 11) is -3.55. The third-order valence-corrected chi connectivity index (χ3v) is 5.62. The molecule has 1 aromatic carbocycles. The number of hydrogen-bond donors (Lipinski definition) is 1. The van der Waals surface area contributed by atoms with Gasteiger partial charge in [0.1, 0.15) is 15.9 Å². The maximum Gasteiger partial charge on any atom is 0.242 e. The van der Waals surface area contributed by atoms with Crippen molar-refractivity contribution in [1.82, 2.24) is 18.4 Å². The standard InChI is InChI=1S/C13H18N4O3S2.ClH/c18-22(19,12-4-1-3-11-13(12)16-21-15-11)14-5-2-6-17-7-9-20-10-8-17;/h1,3-4,14H,2,5-10H2;1H. The highest BCUT2D eigenvalue weighted by Crippen LogP contribution is 2.20. The quantitative estimate of drug-likeness (QED) is 0.758. The van der Waals surface area contributed by atoms with Crippen LogP contribution in [0.15, 0.2) is 23.1 Å². The highest BCUT2D eigenvalue weighted by molar-refractivity contribution is 7.89. The Morgan fingerprint density at radius 1 is 1.26 bits per heavy atom. The molecular weight excluding hydrogens is 360 g/mol. The molecule has 3 rings (SSSR count). The van der Waals surface area contributed by atoms with Gasteiger partial charge in [0.2, 0.25) is 10.0 Å². The van der Waals surface area contributed by atoms with Crippen LogP contribution in [0, 0.1) is 0 Å². The Morgan fingerprint density at radius 3 is 2.83 bits per heavy atom. The van der Waals surface area contributed by atoms with Gasteiger partial charge in [0, 0.05) is 19.6 Å². The number of hydrogen-bond acceptors (Lipinski definition) is 7. The van der Waals surface area contributed by atoms with Gasteiger partial charge in [-0.2, -0.15) is 8.75 Å². The summed E-state index contributed by atoms with van der Waals surface area (Å²) in [6, 6.07) is 5.01. The van der Waals surface area contributed by atoms with E-state index in [2.05, 4.69) is 18.4 Å². The van der Waals surface area contributed by atoms with E-state index in [4.69, 9.17) is 4.74 Å². The molecule has 0 unspecified atom stereocenters. The molecule has 1 fully saturated rings. The number of morpholine rings is 1. The molecule has 0 amide bonds. The molecule has 1 aliphatic rings. The zero-order valence-corrected chi connectivity index (χ0v) is 14.9. The van der Waals surface area contributed by atoms with Crippen LogP contribution in [0.25, 0.3) is 11.0 Å². The molecule has 0 bridgehead atoms. The van der Waals surface area contributed by atoms with Crippen LogP contribution in [0.1, 0.15) is 6.42 Å². The fourth-order valence-electron chi connectivity index (χ4n) is 2.41. The fraction of sp³-hybridized carbons (Fsp3) is 0.538. The first-order valence-electron chi connectivity index (χ1n) is 7.18. The fourth-order valence-corrected chi connectivity index (χ4v) is 4.25. The van der Waals surface area contributed by atoms with Crippen molar-refractivity contribution in [3.8, 4) is 0 Å². The van der Waals surface area contributed by atoms with Crippen LogP contribution in [0.3, 0.4) is 0 Å². The van der Waals surface area contributed by atoms with Gasteiger partial charge >= 0.3 is 0 Å². The summed E-state index contributed by atoms with van der Waals surface area (Å²) in [4.78, 5) is 2.48. The molecule has 23 heavy (non-hydrogen) atoms. The van der Waals surface area contributed by atoms with Crippen molar-refractivity contribution in [1.29, 1.82) is 0 Å². The number of fused-ring (bicyclic) bond motifs is 1. The Morgan fingerprint density at radius 2 is 2.04 bits per heavy atom. The topological polar surface area (TPSA) is 84.4 Å². The summed E-state index contributed by atoms with van der Waals surface area (Å²) in [5.74, 6) is 0. The van der Waals surface area contributed by atoms with Gasteiger partial charge < -0.3 is 4.74 Å². The number of benzene rings is 1. The lowest BCUT2D eigenvalue weighted by Crippen LogP contribution is -2.38. The normalized spacial score (nSPS) is 16.3. The van der Waals surface area contributed by atoms with Crippen molar-refractivity contribution in [2.75, 3.05) is 39.4 Å². The van der Waals surface area contributed by atoms with Gasteiger partial charge in [-0.1, -0.05) is 6.07 Å². The lowest BCUT2D eigenvalue weighted by atomic mass is 10.3.